The smallest absolute Gasteiger partial charge is 0.138 e. The van der Waals surface area contributed by atoms with Crippen molar-refractivity contribution in [3.8, 4) is 17.2 Å². The average molecular weight is 229 g/mol. The molecule has 0 fully saturated rings. The number of benzene rings is 2. The molecule has 0 spiro atoms. The number of aromatic hydroxyl groups is 1. The number of anilines is 1. The van der Waals surface area contributed by atoms with Gasteiger partial charge in [0.25, 0.3) is 0 Å². The van der Waals surface area contributed by atoms with Crippen LogP contribution in [0.25, 0.3) is 0 Å². The molecule has 0 aliphatic carbocycles. The third kappa shape index (κ3) is 2.91. The molecule has 2 aromatic carbocycles. The van der Waals surface area contributed by atoms with Crippen molar-refractivity contribution >= 4 is 5.69 Å². The Morgan fingerprint density at radius 3 is 2.53 bits per heavy atom. The number of ether oxygens (including phenoxy) is 1. The summed E-state index contributed by atoms with van der Waals surface area (Å²) in [5.74, 6) is 1.71. The van der Waals surface area contributed by atoms with Crippen molar-refractivity contribution in [1.29, 1.82) is 0 Å². The van der Waals surface area contributed by atoms with Crippen LogP contribution in [0.1, 0.15) is 6.92 Å². The van der Waals surface area contributed by atoms with Crippen LogP contribution < -0.4 is 10.1 Å². The predicted octanol–water partition coefficient (Wildman–Crippen LogP) is 3.62. The molecule has 0 amide bonds. The number of rotatable bonds is 4. The van der Waals surface area contributed by atoms with Gasteiger partial charge in [-0.2, -0.15) is 0 Å². The first-order valence-corrected chi connectivity index (χ1v) is 5.59. The first-order chi connectivity index (χ1) is 8.29. The second-order valence-electron chi connectivity index (χ2n) is 3.62. The first kappa shape index (κ1) is 11.3. The van der Waals surface area contributed by atoms with Gasteiger partial charge in [0.1, 0.15) is 17.2 Å². The molecular formula is C14H15NO2. The number of nitrogens with one attached hydrogen (secondary N) is 1. The standard InChI is InChI=1S/C14H15NO2/c1-2-15-13-10-12(8-9-14(13)16)17-11-6-4-3-5-7-11/h3-10,15-16H,2H2,1H3. The van der Waals surface area contributed by atoms with Crippen LogP contribution in [0, 0.1) is 0 Å². The molecular weight excluding hydrogens is 214 g/mol. The Balaban J connectivity index is 2.19. The summed E-state index contributed by atoms with van der Waals surface area (Å²) in [6, 6.07) is 14.7. The number of hydrogen-bond donors (Lipinski definition) is 2. The van der Waals surface area contributed by atoms with Crippen LogP contribution in [0.4, 0.5) is 5.69 Å². The van der Waals surface area contributed by atoms with E-state index in [4.69, 9.17) is 4.74 Å². The molecule has 88 valence electrons. The first-order valence-electron chi connectivity index (χ1n) is 5.59. The van der Waals surface area contributed by atoms with Crippen LogP contribution in [0.15, 0.2) is 48.5 Å². The molecule has 0 aliphatic rings. The maximum absolute atomic E-state index is 9.61. The Hall–Kier alpha value is -2.16. The Labute approximate surface area is 101 Å². The van der Waals surface area contributed by atoms with Gasteiger partial charge in [0.05, 0.1) is 5.69 Å². The third-order valence-electron chi connectivity index (χ3n) is 2.31. The molecule has 3 heteroatoms. The summed E-state index contributed by atoms with van der Waals surface area (Å²) in [5.41, 5.74) is 0.681. The minimum absolute atomic E-state index is 0.229. The van der Waals surface area contributed by atoms with E-state index in [1.807, 2.05) is 37.3 Å². The molecule has 0 aromatic heterocycles. The minimum Gasteiger partial charge on any atom is -0.506 e. The van der Waals surface area contributed by atoms with E-state index >= 15 is 0 Å². The van der Waals surface area contributed by atoms with E-state index in [2.05, 4.69) is 5.32 Å². The Morgan fingerprint density at radius 1 is 1.06 bits per heavy atom. The van der Waals surface area contributed by atoms with Crippen LogP contribution in [-0.2, 0) is 0 Å². The molecule has 2 N–H and O–H groups in total. The summed E-state index contributed by atoms with van der Waals surface area (Å²) >= 11 is 0. The molecule has 0 heterocycles. The molecule has 0 saturated carbocycles. The van der Waals surface area contributed by atoms with Gasteiger partial charge in [0.15, 0.2) is 0 Å². The van der Waals surface area contributed by atoms with Gasteiger partial charge in [-0.1, -0.05) is 18.2 Å². The quantitative estimate of drug-likeness (QED) is 0.787. The highest BCUT2D eigenvalue weighted by molar-refractivity contribution is 5.59. The lowest BCUT2D eigenvalue weighted by Gasteiger charge is -2.10. The number of para-hydroxylation sites is 1. The van der Waals surface area contributed by atoms with Crippen molar-refractivity contribution in [3.63, 3.8) is 0 Å². The third-order valence-corrected chi connectivity index (χ3v) is 2.31. The van der Waals surface area contributed by atoms with E-state index in [9.17, 15) is 5.11 Å². The largest absolute Gasteiger partial charge is 0.506 e. The van der Waals surface area contributed by atoms with Crippen LogP contribution in [-0.4, -0.2) is 11.7 Å². The van der Waals surface area contributed by atoms with Crippen LogP contribution in [0.2, 0.25) is 0 Å². The molecule has 0 bridgehead atoms. The van der Waals surface area contributed by atoms with E-state index in [1.54, 1.807) is 18.2 Å². The molecule has 3 nitrogen and oxygen atoms in total. The molecule has 17 heavy (non-hydrogen) atoms. The number of phenols is 1. The second-order valence-corrected chi connectivity index (χ2v) is 3.62. The minimum atomic E-state index is 0.229. The molecule has 2 aromatic rings. The molecule has 0 atom stereocenters. The molecule has 0 aliphatic heterocycles. The fraction of sp³-hybridized carbons (Fsp3) is 0.143. The summed E-state index contributed by atoms with van der Waals surface area (Å²) in [4.78, 5) is 0. The van der Waals surface area contributed by atoms with Gasteiger partial charge < -0.3 is 15.2 Å². The van der Waals surface area contributed by atoms with E-state index in [1.165, 1.54) is 0 Å². The van der Waals surface area contributed by atoms with Crippen molar-refractivity contribution in [2.24, 2.45) is 0 Å². The summed E-state index contributed by atoms with van der Waals surface area (Å²) in [7, 11) is 0. The zero-order valence-electron chi connectivity index (χ0n) is 9.68. The van der Waals surface area contributed by atoms with Crippen molar-refractivity contribution < 1.29 is 9.84 Å². The lowest BCUT2D eigenvalue weighted by molar-refractivity contribution is 0.466. The maximum Gasteiger partial charge on any atom is 0.138 e. The maximum atomic E-state index is 9.61. The fourth-order valence-corrected chi connectivity index (χ4v) is 1.54. The zero-order valence-corrected chi connectivity index (χ0v) is 9.68. The predicted molar refractivity (Wildman–Crippen MR) is 68.8 cm³/mol. The summed E-state index contributed by atoms with van der Waals surface area (Å²) < 4.78 is 5.67. The summed E-state index contributed by atoms with van der Waals surface area (Å²) in [6.07, 6.45) is 0. The van der Waals surface area contributed by atoms with E-state index in [-0.39, 0.29) is 5.75 Å². The van der Waals surface area contributed by atoms with Gasteiger partial charge >= 0.3 is 0 Å². The van der Waals surface area contributed by atoms with Crippen LogP contribution in [0.5, 0.6) is 17.2 Å². The fourth-order valence-electron chi connectivity index (χ4n) is 1.54. The van der Waals surface area contributed by atoms with Gasteiger partial charge in [-0.25, -0.2) is 0 Å². The lowest BCUT2D eigenvalue weighted by Crippen LogP contribution is -1.97. The van der Waals surface area contributed by atoms with E-state index < -0.39 is 0 Å². The highest BCUT2D eigenvalue weighted by Gasteiger charge is 2.03. The Bertz CT molecular complexity index is 483. The SMILES string of the molecule is CCNc1cc(Oc2ccccc2)ccc1O. The molecule has 0 unspecified atom stereocenters. The summed E-state index contributed by atoms with van der Waals surface area (Å²) in [5, 5.41) is 12.7. The second kappa shape index (κ2) is 5.25. The van der Waals surface area contributed by atoms with Crippen LogP contribution >= 0.6 is 0 Å². The van der Waals surface area contributed by atoms with Gasteiger partial charge in [0.2, 0.25) is 0 Å². The number of phenolic OH excluding ortho intramolecular Hbond substituents is 1. The lowest BCUT2D eigenvalue weighted by atomic mass is 10.2. The topological polar surface area (TPSA) is 41.5 Å². The summed E-state index contributed by atoms with van der Waals surface area (Å²) in [6.45, 7) is 2.73. The van der Waals surface area contributed by atoms with E-state index in [0.717, 1.165) is 12.3 Å². The van der Waals surface area contributed by atoms with Crippen molar-refractivity contribution in [2.45, 2.75) is 6.92 Å². The zero-order chi connectivity index (χ0) is 12.1. The van der Waals surface area contributed by atoms with Gasteiger partial charge in [-0.05, 0) is 31.2 Å². The van der Waals surface area contributed by atoms with Crippen molar-refractivity contribution in [2.75, 3.05) is 11.9 Å². The van der Waals surface area contributed by atoms with E-state index in [0.29, 0.717) is 11.4 Å². The molecule has 0 saturated heterocycles. The highest BCUT2D eigenvalue weighted by atomic mass is 16.5. The van der Waals surface area contributed by atoms with Gasteiger partial charge in [-0.15, -0.1) is 0 Å². The van der Waals surface area contributed by atoms with Crippen molar-refractivity contribution in [1.82, 2.24) is 0 Å². The van der Waals surface area contributed by atoms with Crippen LogP contribution in [0.3, 0.4) is 0 Å². The monoisotopic (exact) mass is 229 g/mol. The number of hydrogen-bond acceptors (Lipinski definition) is 3. The molecule has 0 radical (unpaired) electrons. The highest BCUT2D eigenvalue weighted by Crippen LogP contribution is 2.30. The van der Waals surface area contributed by atoms with Gasteiger partial charge in [0, 0.05) is 12.6 Å². The normalized spacial score (nSPS) is 9.94. The van der Waals surface area contributed by atoms with Crippen molar-refractivity contribution in [3.05, 3.63) is 48.5 Å². The molecule has 2 rings (SSSR count). The average Bonchev–Trinajstić information content (AvgIpc) is 2.35. The Morgan fingerprint density at radius 2 is 1.82 bits per heavy atom. The Kier molecular flexibility index (Phi) is 3.50. The van der Waals surface area contributed by atoms with Gasteiger partial charge in [-0.3, -0.25) is 0 Å².